The van der Waals surface area contributed by atoms with Gasteiger partial charge in [-0.3, -0.25) is 14.6 Å². The first-order chi connectivity index (χ1) is 17.8. The molecule has 238 valence electrons. The number of carbonyl (C=O) groups is 2. The third-order valence-corrected chi connectivity index (χ3v) is 5.17. The number of halogens is 16. The molecule has 0 aromatic rings. The summed E-state index contributed by atoms with van der Waals surface area (Å²) in [5.74, 6) is -42.2. The van der Waals surface area contributed by atoms with Crippen LogP contribution in [0, 0.1) is 0 Å². The molecular formula is C16H13F16NaO7S. The largest absolute Gasteiger partial charge is 1.00 e. The van der Waals surface area contributed by atoms with Crippen molar-refractivity contribution in [2.24, 2.45) is 0 Å². The quantitative estimate of drug-likeness (QED) is 0.0543. The van der Waals surface area contributed by atoms with Crippen LogP contribution in [-0.4, -0.2) is 78.8 Å². The normalized spacial score (nSPS) is 14.6. The molecule has 0 saturated carbocycles. The number of hydrogen-bond donors (Lipinski definition) is 0. The van der Waals surface area contributed by atoms with Crippen LogP contribution in [0.15, 0.2) is 0 Å². The Morgan fingerprint density at radius 1 is 0.683 bits per heavy atom. The van der Waals surface area contributed by atoms with E-state index in [2.05, 4.69) is 18.8 Å². The van der Waals surface area contributed by atoms with Crippen molar-refractivity contribution in [3.8, 4) is 0 Å². The van der Waals surface area contributed by atoms with E-state index in [0.29, 0.717) is 0 Å². The molecule has 0 fully saturated rings. The zero-order chi connectivity index (χ0) is 32.0. The molecule has 0 bridgehead atoms. The molecule has 0 amide bonds. The summed E-state index contributed by atoms with van der Waals surface area (Å²) < 4.78 is 217. The van der Waals surface area contributed by atoms with Crippen LogP contribution in [0.1, 0.15) is 19.3 Å². The molecule has 0 aromatic heterocycles. The third-order valence-electron chi connectivity index (χ3n) is 4.44. The monoisotopic (exact) mass is 676 g/mol. The van der Waals surface area contributed by atoms with Crippen molar-refractivity contribution >= 4 is 24.0 Å². The molecule has 25 heteroatoms. The molecule has 0 saturated heterocycles. The summed E-state index contributed by atoms with van der Waals surface area (Å²) in [6, 6.07) is 0. The first-order valence-corrected chi connectivity index (χ1v) is 10.4. The van der Waals surface area contributed by atoms with E-state index >= 15 is 0 Å². The second-order valence-corrected chi connectivity index (χ2v) is 8.12. The molecule has 0 N–H and O–H groups in total. The predicted molar refractivity (Wildman–Crippen MR) is 91.0 cm³/mol. The molecule has 7 nitrogen and oxygen atoms in total. The van der Waals surface area contributed by atoms with Crippen LogP contribution in [0.2, 0.25) is 0 Å². The maximum Gasteiger partial charge on any atom is 1.00 e. The van der Waals surface area contributed by atoms with Gasteiger partial charge in [-0.05, 0) is 0 Å². The molecule has 0 heterocycles. The van der Waals surface area contributed by atoms with E-state index in [1.54, 1.807) is 0 Å². The molecule has 0 radical (unpaired) electrons. The van der Waals surface area contributed by atoms with Gasteiger partial charge in [-0.25, -0.2) is 17.6 Å². The van der Waals surface area contributed by atoms with Gasteiger partial charge in [0.25, 0.3) is 0 Å². The summed E-state index contributed by atoms with van der Waals surface area (Å²) >= 11 is -0.536. The second-order valence-electron chi connectivity index (χ2n) is 7.22. The van der Waals surface area contributed by atoms with Crippen molar-refractivity contribution in [2.75, 3.05) is 13.2 Å². The van der Waals surface area contributed by atoms with Crippen molar-refractivity contribution in [3.63, 3.8) is 0 Å². The minimum Gasteiger partial charge on any atom is -0.691 e. The Morgan fingerprint density at radius 2 is 1.05 bits per heavy atom. The fraction of sp³-hybridized carbons (Fsp3) is 0.875. The van der Waals surface area contributed by atoms with Crippen LogP contribution in [0.3, 0.4) is 0 Å². The molecule has 0 aliphatic carbocycles. The van der Waals surface area contributed by atoms with Gasteiger partial charge in [0.15, 0.2) is 0 Å². The summed E-state index contributed by atoms with van der Waals surface area (Å²) in [5.41, 5.74) is 0. The van der Waals surface area contributed by atoms with Gasteiger partial charge in [0.1, 0.15) is 5.25 Å². The summed E-state index contributed by atoms with van der Waals surface area (Å²) in [6.45, 7) is -3.84. The van der Waals surface area contributed by atoms with Gasteiger partial charge in [0.2, 0.25) is 0 Å². The van der Waals surface area contributed by atoms with Gasteiger partial charge in [-0.1, -0.05) is 0 Å². The molecule has 41 heavy (non-hydrogen) atoms. The number of hydrogen-bond acceptors (Lipinski definition) is 8. The predicted octanol–water partition coefficient (Wildman–Crippen LogP) is 1.83. The van der Waals surface area contributed by atoms with Gasteiger partial charge in [-0.15, -0.1) is 0 Å². The van der Waals surface area contributed by atoms with Crippen LogP contribution in [0.25, 0.3) is 0 Å². The van der Waals surface area contributed by atoms with E-state index in [9.17, 15) is 85.1 Å². The average molecular weight is 676 g/mol. The third kappa shape index (κ3) is 10.0. The molecule has 0 aromatic carbocycles. The number of esters is 2. The minimum atomic E-state index is -6.67. The topological polar surface area (TPSA) is 94.1 Å². The van der Waals surface area contributed by atoms with Crippen LogP contribution < -0.4 is 34.8 Å². The van der Waals surface area contributed by atoms with Crippen molar-refractivity contribution in [3.05, 3.63) is 0 Å². The zero-order valence-electron chi connectivity index (χ0n) is 19.6. The number of alkyl halides is 16. The first kappa shape index (κ1) is 42.2. The van der Waals surface area contributed by atoms with Crippen LogP contribution >= 0.6 is 12.0 Å². The minimum absolute atomic E-state index is 0. The Kier molecular flexibility index (Phi) is 16.1. The summed E-state index contributed by atoms with van der Waals surface area (Å²) in [7, 11) is 0. The van der Waals surface area contributed by atoms with Crippen molar-refractivity contribution in [2.45, 2.75) is 72.9 Å². The van der Waals surface area contributed by atoms with Crippen molar-refractivity contribution < 1.29 is 133 Å². The SMILES string of the molecule is O=C(CC(SOO[O-])C(=O)OCCC(F)(F)C(F)(F)C(F)(F)C(F)F)OCCC(F)(F)C(F)(F)C(F)(F)C(F)F.[Na+]. The van der Waals surface area contributed by atoms with Crippen molar-refractivity contribution in [1.82, 2.24) is 0 Å². The molecular weight excluding hydrogens is 663 g/mol. The van der Waals surface area contributed by atoms with E-state index in [4.69, 9.17) is 0 Å². The van der Waals surface area contributed by atoms with Gasteiger partial charge in [-0.2, -0.15) is 57.0 Å². The zero-order valence-corrected chi connectivity index (χ0v) is 22.4. The Hall–Kier alpha value is -0.950. The molecule has 1 unspecified atom stereocenters. The maximum absolute atomic E-state index is 13.4. The summed E-state index contributed by atoms with van der Waals surface area (Å²) in [4.78, 5) is 23.4. The van der Waals surface area contributed by atoms with Gasteiger partial charge in [0.05, 0.1) is 32.5 Å². The maximum atomic E-state index is 13.4. The molecule has 0 rings (SSSR count). The Bertz CT molecular complexity index is 849. The van der Waals surface area contributed by atoms with Crippen LogP contribution in [-0.2, 0) is 28.4 Å². The van der Waals surface area contributed by atoms with Crippen LogP contribution in [0.5, 0.6) is 0 Å². The van der Waals surface area contributed by atoms with Crippen LogP contribution in [0.4, 0.5) is 70.2 Å². The Morgan fingerprint density at radius 3 is 1.39 bits per heavy atom. The fourth-order valence-electron chi connectivity index (χ4n) is 2.17. The fourth-order valence-corrected chi connectivity index (χ4v) is 2.65. The van der Waals surface area contributed by atoms with E-state index < -0.39 is 110 Å². The summed E-state index contributed by atoms with van der Waals surface area (Å²) in [5, 5.41) is 10.3. The standard InChI is InChI=1S/C16H14F16O7S.Na/c17-9(18)13(25,26)15(29,30)11(21,22)1-3-36-7(33)5-6(40-39-38-35)8(34)37-4-2-12(23,24)16(31,32)14(27,28)10(19)20;/h6,9-10,35H,1-5H2;/q;+1/p-1. The molecule has 0 spiro atoms. The Balaban J connectivity index is 0. The van der Waals surface area contributed by atoms with Gasteiger partial charge < -0.3 is 14.7 Å². The molecule has 0 aliphatic heterocycles. The number of rotatable bonds is 18. The number of carbonyl (C=O) groups excluding carboxylic acids is 2. The smallest absolute Gasteiger partial charge is 0.691 e. The molecule has 0 aliphatic rings. The Labute approximate surface area is 243 Å². The van der Waals surface area contributed by atoms with E-state index in [1.807, 2.05) is 0 Å². The van der Waals surface area contributed by atoms with E-state index in [1.165, 1.54) is 0 Å². The average Bonchev–Trinajstić information content (AvgIpc) is 2.80. The summed E-state index contributed by atoms with van der Waals surface area (Å²) in [6.07, 6.45) is -17.1. The van der Waals surface area contributed by atoms with E-state index in [0.717, 1.165) is 0 Å². The van der Waals surface area contributed by atoms with Crippen molar-refractivity contribution in [1.29, 1.82) is 0 Å². The van der Waals surface area contributed by atoms with Gasteiger partial charge >= 0.3 is 89.9 Å². The number of ether oxygens (including phenoxy) is 2. The first-order valence-electron chi connectivity index (χ1n) is 9.61. The van der Waals surface area contributed by atoms with E-state index in [-0.39, 0.29) is 29.6 Å². The molecule has 1 atom stereocenters. The van der Waals surface area contributed by atoms with Gasteiger partial charge in [0, 0.05) is 12.0 Å². The second kappa shape index (κ2) is 15.7.